The summed E-state index contributed by atoms with van der Waals surface area (Å²) in [6.45, 7) is -0.650. The van der Waals surface area contributed by atoms with Crippen LogP contribution in [0.2, 0.25) is 0 Å². The van der Waals surface area contributed by atoms with Gasteiger partial charge in [0.1, 0.15) is 6.04 Å². The summed E-state index contributed by atoms with van der Waals surface area (Å²) < 4.78 is 20.9. The third-order valence-electron chi connectivity index (χ3n) is 0.925. The van der Waals surface area contributed by atoms with Crippen LogP contribution in [0.4, 0.5) is 0 Å². The summed E-state index contributed by atoms with van der Waals surface area (Å²) in [5, 5.41) is 8.39. The van der Waals surface area contributed by atoms with Crippen molar-refractivity contribution in [3.8, 4) is 0 Å². The van der Waals surface area contributed by atoms with E-state index in [0.29, 0.717) is 0 Å². The van der Waals surface area contributed by atoms with Gasteiger partial charge in [-0.05, 0) is 12.3 Å². The molecule has 0 bridgehead atoms. The minimum atomic E-state index is -2.12. The van der Waals surface area contributed by atoms with Crippen molar-refractivity contribution in [2.45, 2.75) is 26.2 Å². The summed E-state index contributed by atoms with van der Waals surface area (Å²) in [4.78, 5) is 10.3. The second-order valence-electron chi connectivity index (χ2n) is 2.08. The van der Waals surface area contributed by atoms with Crippen molar-refractivity contribution < 1.29 is 14.0 Å². The van der Waals surface area contributed by atoms with Gasteiger partial charge in [-0.3, -0.25) is 4.79 Å². The van der Waals surface area contributed by atoms with Crippen molar-refractivity contribution in [1.29, 1.82) is 0 Å². The SMILES string of the molecule is [2H]C([2H])([2H])C(C)C[C@H](N)C(=O)O. The average Bonchev–Trinajstić information content (AvgIpc) is 1.85. The molecule has 3 N–H and O–H groups in total. The van der Waals surface area contributed by atoms with Crippen molar-refractivity contribution in [1.82, 2.24) is 0 Å². The second kappa shape index (κ2) is 3.45. The molecule has 0 heterocycles. The summed E-state index contributed by atoms with van der Waals surface area (Å²) in [7, 11) is 0. The van der Waals surface area contributed by atoms with Crippen molar-refractivity contribution in [3.05, 3.63) is 0 Å². The fourth-order valence-electron chi connectivity index (χ4n) is 0.482. The minimum Gasteiger partial charge on any atom is -0.480 e. The molecule has 0 rings (SSSR count). The molecule has 0 aliphatic heterocycles. The van der Waals surface area contributed by atoms with E-state index in [4.69, 9.17) is 15.0 Å². The minimum absolute atomic E-state index is 0.0220. The van der Waals surface area contributed by atoms with Gasteiger partial charge in [0.2, 0.25) is 0 Å². The monoisotopic (exact) mass is 134 g/mol. The Kier molecular flexibility index (Phi) is 1.64. The van der Waals surface area contributed by atoms with E-state index in [1.165, 1.54) is 6.92 Å². The number of hydrogen-bond acceptors (Lipinski definition) is 2. The first-order chi connectivity index (χ1) is 5.25. The lowest BCUT2D eigenvalue weighted by molar-refractivity contribution is -0.138. The van der Waals surface area contributed by atoms with E-state index in [1.54, 1.807) is 0 Å². The maximum Gasteiger partial charge on any atom is 0.320 e. The summed E-state index contributed by atoms with van der Waals surface area (Å²) in [6, 6.07) is -1.08. The van der Waals surface area contributed by atoms with Crippen LogP contribution >= 0.6 is 0 Å². The highest BCUT2D eigenvalue weighted by atomic mass is 16.4. The molecular formula is C6H13NO2. The molecule has 0 spiro atoms. The van der Waals surface area contributed by atoms with Gasteiger partial charge in [0.15, 0.2) is 0 Å². The third kappa shape index (κ3) is 3.97. The second-order valence-corrected chi connectivity index (χ2v) is 2.08. The lowest BCUT2D eigenvalue weighted by Crippen LogP contribution is -2.31. The number of rotatable bonds is 3. The highest BCUT2D eigenvalue weighted by Gasteiger charge is 2.11. The van der Waals surface area contributed by atoms with Gasteiger partial charge in [-0.1, -0.05) is 13.8 Å². The fraction of sp³-hybridized carbons (Fsp3) is 0.833. The standard InChI is InChI=1S/C6H13NO2/c1-4(2)3-5(7)6(8)9/h4-5H,3,7H2,1-2H3,(H,8,9)/t5-/m0/s1/i1D3/t4?,5-. The molecule has 3 heteroatoms. The molecule has 1 unspecified atom stereocenters. The van der Waals surface area contributed by atoms with Crippen LogP contribution in [0, 0.1) is 5.92 Å². The molecule has 0 aromatic heterocycles. The van der Waals surface area contributed by atoms with Crippen LogP contribution < -0.4 is 5.73 Å². The zero-order valence-corrected chi connectivity index (χ0v) is 5.29. The number of aliphatic carboxylic acids is 1. The zero-order chi connectivity index (χ0) is 9.94. The Morgan fingerprint density at radius 3 is 2.89 bits per heavy atom. The zero-order valence-electron chi connectivity index (χ0n) is 8.29. The van der Waals surface area contributed by atoms with Crippen LogP contribution in [0.25, 0.3) is 0 Å². The van der Waals surface area contributed by atoms with E-state index in [2.05, 4.69) is 0 Å². The Balaban J connectivity index is 4.01. The van der Waals surface area contributed by atoms with Crippen molar-refractivity contribution >= 4 is 5.97 Å². The Morgan fingerprint density at radius 1 is 2.00 bits per heavy atom. The predicted molar refractivity (Wildman–Crippen MR) is 35.1 cm³/mol. The molecule has 3 nitrogen and oxygen atoms in total. The number of carboxylic acid groups (broad SMARTS) is 1. The van der Waals surface area contributed by atoms with Gasteiger partial charge >= 0.3 is 5.97 Å². The molecule has 9 heavy (non-hydrogen) atoms. The lowest BCUT2D eigenvalue weighted by atomic mass is 10.1. The Labute approximate surface area is 59.1 Å². The molecule has 0 aromatic rings. The molecule has 0 saturated heterocycles. The highest BCUT2D eigenvalue weighted by Crippen LogP contribution is 2.01. The quantitative estimate of drug-likeness (QED) is 0.588. The van der Waals surface area contributed by atoms with Crippen LogP contribution in [-0.2, 0) is 4.79 Å². The average molecular weight is 134 g/mol. The van der Waals surface area contributed by atoms with Crippen molar-refractivity contribution in [3.63, 3.8) is 0 Å². The molecule has 0 aromatic carbocycles. The van der Waals surface area contributed by atoms with Gasteiger partial charge in [-0.2, -0.15) is 0 Å². The third-order valence-corrected chi connectivity index (χ3v) is 0.925. The molecule has 0 radical (unpaired) electrons. The molecule has 0 amide bonds. The van der Waals surface area contributed by atoms with Crippen molar-refractivity contribution in [2.24, 2.45) is 11.7 Å². The van der Waals surface area contributed by atoms with Gasteiger partial charge in [-0.15, -0.1) is 0 Å². The van der Waals surface area contributed by atoms with Crippen molar-refractivity contribution in [2.75, 3.05) is 0 Å². The number of carboxylic acids is 1. The molecule has 0 aliphatic carbocycles. The van der Waals surface area contributed by atoms with Crippen LogP contribution in [0.1, 0.15) is 24.3 Å². The molecule has 0 fully saturated rings. The first-order valence-electron chi connectivity index (χ1n) is 4.23. The van der Waals surface area contributed by atoms with Gasteiger partial charge < -0.3 is 10.8 Å². The van der Waals surface area contributed by atoms with Crippen LogP contribution in [0.3, 0.4) is 0 Å². The molecular weight excluding hydrogens is 118 g/mol. The number of carbonyl (C=O) groups is 1. The van der Waals surface area contributed by atoms with Gasteiger partial charge in [0, 0.05) is 4.11 Å². The fourth-order valence-corrected chi connectivity index (χ4v) is 0.482. The van der Waals surface area contributed by atoms with E-state index in [0.717, 1.165) is 0 Å². The molecule has 0 aliphatic rings. The van der Waals surface area contributed by atoms with Crippen LogP contribution in [-0.4, -0.2) is 17.1 Å². The first kappa shape index (κ1) is 4.28. The maximum atomic E-state index is 10.3. The summed E-state index contributed by atoms with van der Waals surface area (Å²) in [5.74, 6) is -1.84. The number of nitrogens with two attached hydrogens (primary N) is 1. The van der Waals surface area contributed by atoms with Crippen LogP contribution in [0.15, 0.2) is 0 Å². The lowest BCUT2D eigenvalue weighted by Gasteiger charge is -2.07. The first-order valence-corrected chi connectivity index (χ1v) is 2.73. The Bertz CT molecular complexity index is 169. The summed E-state index contributed by atoms with van der Waals surface area (Å²) in [5.41, 5.74) is 5.16. The van der Waals surface area contributed by atoms with Gasteiger partial charge in [-0.25, -0.2) is 0 Å². The van der Waals surface area contributed by atoms with E-state index < -0.39 is 24.8 Å². The maximum absolute atomic E-state index is 10.3. The molecule has 54 valence electrons. The topological polar surface area (TPSA) is 63.3 Å². The molecule has 2 atom stereocenters. The number of hydrogen-bond donors (Lipinski definition) is 2. The van der Waals surface area contributed by atoms with Crippen LogP contribution in [0.5, 0.6) is 0 Å². The Hall–Kier alpha value is -0.570. The normalized spacial score (nSPS) is 23.1. The largest absolute Gasteiger partial charge is 0.480 e. The van der Waals surface area contributed by atoms with E-state index in [9.17, 15) is 4.79 Å². The highest BCUT2D eigenvalue weighted by molar-refractivity contribution is 5.72. The molecule has 0 saturated carbocycles. The van der Waals surface area contributed by atoms with E-state index >= 15 is 0 Å². The van der Waals surface area contributed by atoms with E-state index in [1.807, 2.05) is 0 Å². The predicted octanol–water partition coefficient (Wildman–Crippen LogP) is 0.444. The summed E-state index contributed by atoms with van der Waals surface area (Å²) >= 11 is 0. The summed E-state index contributed by atoms with van der Waals surface area (Å²) in [6.07, 6.45) is -0.0220. The van der Waals surface area contributed by atoms with Gasteiger partial charge in [0.05, 0.1) is 0 Å². The van der Waals surface area contributed by atoms with E-state index in [-0.39, 0.29) is 6.42 Å². The smallest absolute Gasteiger partial charge is 0.320 e. The van der Waals surface area contributed by atoms with Gasteiger partial charge in [0.25, 0.3) is 0 Å². The Morgan fingerprint density at radius 2 is 2.56 bits per heavy atom.